The van der Waals surface area contributed by atoms with E-state index in [1.807, 2.05) is 0 Å². The molecule has 0 aliphatic heterocycles. The summed E-state index contributed by atoms with van der Waals surface area (Å²) in [4.78, 5) is 0.154. The Morgan fingerprint density at radius 1 is 1.10 bits per heavy atom. The van der Waals surface area contributed by atoms with Crippen LogP contribution in [0, 0.1) is 11.6 Å². The topological polar surface area (TPSA) is 72.2 Å². The Balaban J connectivity index is 2.32. The molecule has 0 saturated carbocycles. The highest BCUT2D eigenvalue weighted by Crippen LogP contribution is 2.27. The number of nitrogens with one attached hydrogen (secondary N) is 1. The fourth-order valence-corrected chi connectivity index (χ4v) is 2.26. The second-order valence-electron chi connectivity index (χ2n) is 4.27. The highest BCUT2D eigenvalue weighted by molar-refractivity contribution is 7.90. The maximum Gasteiger partial charge on any atom is 0.175 e. The Morgan fingerprint density at radius 2 is 1.70 bits per heavy atom. The van der Waals surface area contributed by atoms with Crippen LogP contribution in [0.1, 0.15) is 0 Å². The number of nitrogens with two attached hydrogens (primary N) is 1. The van der Waals surface area contributed by atoms with Crippen LogP contribution in [0.5, 0.6) is 0 Å². The molecule has 0 aromatic heterocycles. The van der Waals surface area contributed by atoms with E-state index in [0.717, 1.165) is 12.3 Å². The first-order valence-electron chi connectivity index (χ1n) is 5.59. The van der Waals surface area contributed by atoms with Gasteiger partial charge >= 0.3 is 0 Å². The van der Waals surface area contributed by atoms with E-state index in [0.29, 0.717) is 11.8 Å². The number of rotatable bonds is 3. The molecule has 0 radical (unpaired) electrons. The van der Waals surface area contributed by atoms with E-state index in [4.69, 9.17) is 5.73 Å². The molecule has 0 aliphatic rings. The van der Waals surface area contributed by atoms with Crippen molar-refractivity contribution in [3.63, 3.8) is 0 Å². The molecule has 20 heavy (non-hydrogen) atoms. The third kappa shape index (κ3) is 3.05. The Bertz CT molecular complexity index is 744. The van der Waals surface area contributed by atoms with Gasteiger partial charge in [-0.1, -0.05) is 0 Å². The molecule has 0 saturated heterocycles. The lowest BCUT2D eigenvalue weighted by Gasteiger charge is -2.10. The smallest absolute Gasteiger partial charge is 0.175 e. The minimum atomic E-state index is -3.29. The lowest BCUT2D eigenvalue weighted by atomic mass is 10.2. The van der Waals surface area contributed by atoms with Crippen molar-refractivity contribution in [3.8, 4) is 0 Å². The fourth-order valence-electron chi connectivity index (χ4n) is 1.63. The Kier molecular flexibility index (Phi) is 3.63. The highest BCUT2D eigenvalue weighted by Gasteiger charge is 2.10. The van der Waals surface area contributed by atoms with Crippen LogP contribution in [-0.4, -0.2) is 14.7 Å². The normalized spacial score (nSPS) is 11.3. The van der Waals surface area contributed by atoms with Gasteiger partial charge in [-0.2, -0.15) is 0 Å². The highest BCUT2D eigenvalue weighted by atomic mass is 32.2. The third-order valence-electron chi connectivity index (χ3n) is 2.66. The maximum absolute atomic E-state index is 13.3. The summed E-state index contributed by atoms with van der Waals surface area (Å²) in [5, 5.41) is 2.73. The number of nitrogen functional groups attached to an aromatic ring is 1. The van der Waals surface area contributed by atoms with Crippen molar-refractivity contribution in [2.24, 2.45) is 0 Å². The van der Waals surface area contributed by atoms with Gasteiger partial charge in [-0.05, 0) is 30.3 Å². The van der Waals surface area contributed by atoms with Crippen LogP contribution in [-0.2, 0) is 9.84 Å². The second-order valence-corrected chi connectivity index (χ2v) is 6.29. The molecule has 0 unspecified atom stereocenters. The largest absolute Gasteiger partial charge is 0.395 e. The van der Waals surface area contributed by atoms with Crippen molar-refractivity contribution < 1.29 is 17.2 Å². The van der Waals surface area contributed by atoms with E-state index in [1.54, 1.807) is 0 Å². The average Bonchev–Trinajstić information content (AvgIpc) is 2.35. The molecule has 2 aromatic carbocycles. The molecule has 2 aromatic rings. The summed E-state index contributed by atoms with van der Waals surface area (Å²) in [6.07, 6.45) is 1.09. The van der Waals surface area contributed by atoms with Gasteiger partial charge in [-0.3, -0.25) is 0 Å². The van der Waals surface area contributed by atoms with E-state index in [-0.39, 0.29) is 16.3 Å². The minimum absolute atomic E-state index is 0.0783. The van der Waals surface area contributed by atoms with Crippen LogP contribution in [0.25, 0.3) is 0 Å². The van der Waals surface area contributed by atoms with Crippen molar-refractivity contribution in [2.75, 3.05) is 17.3 Å². The van der Waals surface area contributed by atoms with E-state index in [2.05, 4.69) is 5.32 Å². The standard InChI is InChI=1S/C13H12F2N2O2S/c1-20(18,19)10-4-2-9(3-5-10)17-12-7-8(14)6-11(15)13(12)16/h2-7,17H,16H2,1H3. The van der Waals surface area contributed by atoms with Crippen LogP contribution in [0.3, 0.4) is 0 Å². The number of anilines is 3. The van der Waals surface area contributed by atoms with Crippen LogP contribution in [0.4, 0.5) is 25.8 Å². The minimum Gasteiger partial charge on any atom is -0.395 e. The molecule has 0 atom stereocenters. The number of halogens is 2. The first-order chi connectivity index (χ1) is 9.27. The van der Waals surface area contributed by atoms with Crippen molar-refractivity contribution in [2.45, 2.75) is 4.90 Å². The number of sulfone groups is 1. The zero-order valence-electron chi connectivity index (χ0n) is 10.5. The molecule has 4 nitrogen and oxygen atoms in total. The van der Waals surface area contributed by atoms with Gasteiger partial charge in [0.2, 0.25) is 0 Å². The molecule has 3 N–H and O–H groups in total. The summed E-state index contributed by atoms with van der Waals surface area (Å²) in [7, 11) is -3.29. The molecule has 0 fully saturated rings. The predicted molar refractivity (Wildman–Crippen MR) is 73.6 cm³/mol. The summed E-state index contributed by atoms with van der Waals surface area (Å²) < 4.78 is 49.0. The van der Waals surface area contributed by atoms with E-state index in [1.165, 1.54) is 24.3 Å². The molecular weight excluding hydrogens is 286 g/mol. The van der Waals surface area contributed by atoms with E-state index in [9.17, 15) is 17.2 Å². The molecular formula is C13H12F2N2O2S. The van der Waals surface area contributed by atoms with Crippen molar-refractivity contribution in [1.82, 2.24) is 0 Å². The lowest BCUT2D eigenvalue weighted by Crippen LogP contribution is -2.01. The summed E-state index contributed by atoms with van der Waals surface area (Å²) in [6, 6.07) is 7.50. The Labute approximate surface area is 115 Å². The molecule has 0 bridgehead atoms. The van der Waals surface area contributed by atoms with Gasteiger partial charge < -0.3 is 11.1 Å². The van der Waals surface area contributed by atoms with Crippen molar-refractivity contribution in [3.05, 3.63) is 48.0 Å². The maximum atomic E-state index is 13.3. The first-order valence-corrected chi connectivity index (χ1v) is 7.48. The number of hydrogen-bond donors (Lipinski definition) is 2. The quantitative estimate of drug-likeness (QED) is 0.855. The van der Waals surface area contributed by atoms with Crippen LogP contribution in [0.2, 0.25) is 0 Å². The molecule has 0 aliphatic carbocycles. The molecule has 7 heteroatoms. The van der Waals surface area contributed by atoms with Gasteiger partial charge in [-0.15, -0.1) is 0 Å². The van der Waals surface area contributed by atoms with Crippen LogP contribution >= 0.6 is 0 Å². The molecule has 0 heterocycles. The zero-order chi connectivity index (χ0) is 14.9. The average molecular weight is 298 g/mol. The number of benzene rings is 2. The Morgan fingerprint density at radius 3 is 2.25 bits per heavy atom. The summed E-state index contributed by atoms with van der Waals surface area (Å²) in [5.74, 6) is -1.62. The predicted octanol–water partition coefficient (Wildman–Crippen LogP) is 2.69. The summed E-state index contributed by atoms with van der Waals surface area (Å²) in [5.41, 5.74) is 5.83. The second kappa shape index (κ2) is 5.09. The van der Waals surface area contributed by atoms with E-state index >= 15 is 0 Å². The van der Waals surface area contributed by atoms with Gasteiger partial charge in [0.1, 0.15) is 5.82 Å². The van der Waals surface area contributed by atoms with E-state index < -0.39 is 21.5 Å². The molecule has 0 spiro atoms. The summed E-state index contributed by atoms with van der Waals surface area (Å²) in [6.45, 7) is 0. The number of hydrogen-bond acceptors (Lipinski definition) is 4. The molecule has 106 valence electrons. The zero-order valence-corrected chi connectivity index (χ0v) is 11.3. The fraction of sp³-hybridized carbons (Fsp3) is 0.0769. The van der Waals surface area contributed by atoms with Crippen LogP contribution < -0.4 is 11.1 Å². The van der Waals surface area contributed by atoms with Crippen molar-refractivity contribution >= 4 is 26.9 Å². The first kappa shape index (κ1) is 14.3. The van der Waals surface area contributed by atoms with Gasteiger partial charge in [0.25, 0.3) is 0 Å². The third-order valence-corrected chi connectivity index (χ3v) is 3.78. The monoisotopic (exact) mass is 298 g/mol. The van der Waals surface area contributed by atoms with Gasteiger partial charge in [-0.25, -0.2) is 17.2 Å². The van der Waals surface area contributed by atoms with Crippen LogP contribution in [0.15, 0.2) is 41.3 Å². The summed E-state index contributed by atoms with van der Waals surface area (Å²) >= 11 is 0. The molecule has 2 rings (SSSR count). The molecule has 0 amide bonds. The van der Waals surface area contributed by atoms with Crippen molar-refractivity contribution in [1.29, 1.82) is 0 Å². The SMILES string of the molecule is CS(=O)(=O)c1ccc(Nc2cc(F)cc(F)c2N)cc1. The van der Waals surface area contributed by atoms with Gasteiger partial charge in [0.15, 0.2) is 15.7 Å². The van der Waals surface area contributed by atoms with Gasteiger partial charge in [0.05, 0.1) is 16.3 Å². The lowest BCUT2D eigenvalue weighted by molar-refractivity contribution is 0.587. The van der Waals surface area contributed by atoms with Gasteiger partial charge in [0, 0.05) is 18.0 Å². The Hall–Kier alpha value is -2.15.